The molecule has 2 N–H and O–H groups in total. The van der Waals surface area contributed by atoms with Gasteiger partial charge in [0.15, 0.2) is 0 Å². The molecule has 0 unspecified atom stereocenters. The summed E-state index contributed by atoms with van der Waals surface area (Å²) in [6.45, 7) is 2.27. The van der Waals surface area contributed by atoms with Gasteiger partial charge in [-0.15, -0.1) is 0 Å². The van der Waals surface area contributed by atoms with Crippen molar-refractivity contribution in [1.82, 2.24) is 9.97 Å². The lowest BCUT2D eigenvalue weighted by molar-refractivity contribution is 0.102. The second-order valence-corrected chi connectivity index (χ2v) is 6.31. The molecule has 0 spiro atoms. The molecule has 0 saturated heterocycles. The first-order valence-electron chi connectivity index (χ1n) is 8.41. The second kappa shape index (κ2) is 8.60. The molecule has 1 amide bonds. The number of anilines is 2. The average molecular weight is 385 g/mol. The van der Waals surface area contributed by atoms with E-state index in [2.05, 4.69) is 20.6 Å². The summed E-state index contributed by atoms with van der Waals surface area (Å²) in [4.78, 5) is 20.8. The molecule has 0 saturated carbocycles. The Hall–Kier alpha value is -2.99. The summed E-state index contributed by atoms with van der Waals surface area (Å²) >= 11 is 6.07. The van der Waals surface area contributed by atoms with Crippen LogP contribution in [-0.4, -0.2) is 22.4 Å². The molecule has 1 aromatic heterocycles. The van der Waals surface area contributed by atoms with Gasteiger partial charge >= 0.3 is 0 Å². The molecule has 2 aromatic carbocycles. The molecule has 138 valence electrons. The van der Waals surface area contributed by atoms with Crippen LogP contribution in [0.3, 0.4) is 0 Å². The third-order valence-electron chi connectivity index (χ3n) is 4.04. The lowest BCUT2D eigenvalue weighted by atomic mass is 10.1. The van der Waals surface area contributed by atoms with Gasteiger partial charge < -0.3 is 10.6 Å². The first-order chi connectivity index (χ1) is 13.0. The molecule has 0 aliphatic rings. The molecule has 0 fully saturated rings. The molecule has 5 nitrogen and oxygen atoms in total. The van der Waals surface area contributed by atoms with Crippen molar-refractivity contribution in [2.45, 2.75) is 13.3 Å². The average Bonchev–Trinajstić information content (AvgIpc) is 2.67. The minimum Gasteiger partial charge on any atom is -0.354 e. The SMILES string of the molecule is Cc1c(Cl)cccc1NC(=O)c1ccnc(NCCc2ccccc2F)n1. The minimum atomic E-state index is -0.361. The molecule has 3 aromatic rings. The van der Waals surface area contributed by atoms with Gasteiger partial charge in [0.25, 0.3) is 5.91 Å². The van der Waals surface area contributed by atoms with E-state index in [1.807, 2.05) is 6.92 Å². The predicted octanol–water partition coefficient (Wildman–Crippen LogP) is 4.48. The molecule has 3 rings (SSSR count). The van der Waals surface area contributed by atoms with Crippen LogP contribution < -0.4 is 10.6 Å². The fourth-order valence-corrected chi connectivity index (χ4v) is 2.68. The van der Waals surface area contributed by atoms with E-state index in [1.54, 1.807) is 36.4 Å². The standard InChI is InChI=1S/C20H18ClFN4O/c1-13-15(21)6-4-8-17(13)25-19(27)18-10-12-24-20(26-18)23-11-9-14-5-2-3-7-16(14)22/h2-8,10,12H,9,11H2,1H3,(H,25,27)(H,23,24,26). The highest BCUT2D eigenvalue weighted by atomic mass is 35.5. The van der Waals surface area contributed by atoms with E-state index in [0.29, 0.717) is 35.2 Å². The van der Waals surface area contributed by atoms with Crippen molar-refractivity contribution < 1.29 is 9.18 Å². The van der Waals surface area contributed by atoms with Crippen LogP contribution in [0.25, 0.3) is 0 Å². The third kappa shape index (κ3) is 4.80. The summed E-state index contributed by atoms with van der Waals surface area (Å²) in [5, 5.41) is 6.38. The monoisotopic (exact) mass is 384 g/mol. The van der Waals surface area contributed by atoms with E-state index in [1.165, 1.54) is 18.3 Å². The zero-order valence-electron chi connectivity index (χ0n) is 14.7. The highest BCUT2D eigenvalue weighted by molar-refractivity contribution is 6.31. The lowest BCUT2D eigenvalue weighted by Gasteiger charge is -2.10. The number of nitrogens with zero attached hydrogens (tertiary/aromatic N) is 2. The van der Waals surface area contributed by atoms with Crippen molar-refractivity contribution in [3.05, 3.63) is 82.4 Å². The smallest absolute Gasteiger partial charge is 0.274 e. The zero-order chi connectivity index (χ0) is 19.2. The zero-order valence-corrected chi connectivity index (χ0v) is 15.4. The molecule has 0 atom stereocenters. The Morgan fingerprint density at radius 3 is 2.78 bits per heavy atom. The van der Waals surface area contributed by atoms with Crippen LogP contribution in [0, 0.1) is 12.7 Å². The van der Waals surface area contributed by atoms with Gasteiger partial charge in [0, 0.05) is 23.5 Å². The fraction of sp³-hybridized carbons (Fsp3) is 0.150. The summed E-state index contributed by atoms with van der Waals surface area (Å²) in [6, 6.07) is 13.4. The maximum Gasteiger partial charge on any atom is 0.274 e. The molecule has 0 aliphatic carbocycles. The van der Waals surface area contributed by atoms with Crippen molar-refractivity contribution in [3.8, 4) is 0 Å². The summed E-state index contributed by atoms with van der Waals surface area (Å²) in [5.41, 5.74) is 2.23. The van der Waals surface area contributed by atoms with E-state index < -0.39 is 0 Å². The van der Waals surface area contributed by atoms with Crippen LogP contribution in [0.1, 0.15) is 21.6 Å². The van der Waals surface area contributed by atoms with Crippen molar-refractivity contribution in [1.29, 1.82) is 0 Å². The van der Waals surface area contributed by atoms with Gasteiger partial charge in [0.2, 0.25) is 5.95 Å². The van der Waals surface area contributed by atoms with E-state index in [9.17, 15) is 9.18 Å². The molecular weight excluding hydrogens is 367 g/mol. The third-order valence-corrected chi connectivity index (χ3v) is 4.45. The topological polar surface area (TPSA) is 66.9 Å². The summed E-state index contributed by atoms with van der Waals surface area (Å²) in [6.07, 6.45) is 1.98. The van der Waals surface area contributed by atoms with Crippen LogP contribution in [0.5, 0.6) is 0 Å². The van der Waals surface area contributed by atoms with Crippen LogP contribution in [0.15, 0.2) is 54.7 Å². The largest absolute Gasteiger partial charge is 0.354 e. The highest BCUT2D eigenvalue weighted by Gasteiger charge is 2.11. The normalized spacial score (nSPS) is 10.5. The molecule has 0 bridgehead atoms. The molecule has 0 aliphatic heterocycles. The van der Waals surface area contributed by atoms with Gasteiger partial charge in [0.05, 0.1) is 0 Å². The Morgan fingerprint density at radius 2 is 1.96 bits per heavy atom. The van der Waals surface area contributed by atoms with Gasteiger partial charge in [-0.2, -0.15) is 0 Å². The van der Waals surface area contributed by atoms with E-state index in [0.717, 1.165) is 5.56 Å². The number of benzene rings is 2. The van der Waals surface area contributed by atoms with Gasteiger partial charge in [-0.05, 0) is 48.7 Å². The Kier molecular flexibility index (Phi) is 5.98. The first-order valence-corrected chi connectivity index (χ1v) is 8.79. The fourth-order valence-electron chi connectivity index (χ4n) is 2.51. The first kappa shape index (κ1) is 18.8. The number of hydrogen-bond acceptors (Lipinski definition) is 4. The van der Waals surface area contributed by atoms with Crippen LogP contribution in [0.4, 0.5) is 16.0 Å². The van der Waals surface area contributed by atoms with Crippen molar-refractivity contribution in [3.63, 3.8) is 0 Å². The van der Waals surface area contributed by atoms with E-state index in [4.69, 9.17) is 11.6 Å². The number of rotatable bonds is 6. The van der Waals surface area contributed by atoms with Crippen molar-refractivity contribution in [2.24, 2.45) is 0 Å². The number of aromatic nitrogens is 2. The Balaban J connectivity index is 1.63. The summed E-state index contributed by atoms with van der Waals surface area (Å²) in [5.74, 6) is -0.299. The second-order valence-electron chi connectivity index (χ2n) is 5.90. The number of carbonyl (C=O) groups excluding carboxylic acids is 1. The van der Waals surface area contributed by atoms with E-state index in [-0.39, 0.29) is 17.4 Å². The van der Waals surface area contributed by atoms with Crippen molar-refractivity contribution in [2.75, 3.05) is 17.2 Å². The summed E-state index contributed by atoms with van der Waals surface area (Å²) in [7, 11) is 0. The number of hydrogen-bond donors (Lipinski definition) is 2. The van der Waals surface area contributed by atoms with Gasteiger partial charge in [-0.1, -0.05) is 35.9 Å². The van der Waals surface area contributed by atoms with E-state index >= 15 is 0 Å². The molecule has 1 heterocycles. The van der Waals surface area contributed by atoms with Crippen LogP contribution in [0.2, 0.25) is 5.02 Å². The number of carbonyl (C=O) groups is 1. The quantitative estimate of drug-likeness (QED) is 0.657. The van der Waals surface area contributed by atoms with Crippen molar-refractivity contribution >= 4 is 29.1 Å². The van der Waals surface area contributed by atoms with Crippen LogP contribution in [-0.2, 0) is 6.42 Å². The Morgan fingerprint density at radius 1 is 1.15 bits per heavy atom. The van der Waals surface area contributed by atoms with Crippen LogP contribution >= 0.6 is 11.6 Å². The number of nitrogens with one attached hydrogen (secondary N) is 2. The summed E-state index contributed by atoms with van der Waals surface area (Å²) < 4.78 is 13.6. The number of halogens is 2. The maximum atomic E-state index is 13.6. The molecular formula is C20H18ClFN4O. The minimum absolute atomic E-state index is 0.220. The Bertz CT molecular complexity index is 964. The number of amides is 1. The highest BCUT2D eigenvalue weighted by Crippen LogP contribution is 2.23. The Labute approximate surface area is 161 Å². The molecule has 7 heteroatoms. The van der Waals surface area contributed by atoms with Gasteiger partial charge in [-0.25, -0.2) is 14.4 Å². The van der Waals surface area contributed by atoms with Gasteiger partial charge in [0.1, 0.15) is 11.5 Å². The molecule has 27 heavy (non-hydrogen) atoms. The predicted molar refractivity (Wildman–Crippen MR) is 105 cm³/mol. The van der Waals surface area contributed by atoms with Gasteiger partial charge in [-0.3, -0.25) is 4.79 Å². The molecule has 0 radical (unpaired) electrons. The lowest BCUT2D eigenvalue weighted by Crippen LogP contribution is -2.16. The maximum absolute atomic E-state index is 13.6.